The molecule has 2 atom stereocenters. The van der Waals surface area contributed by atoms with Crippen molar-refractivity contribution in [3.05, 3.63) is 12.2 Å². The summed E-state index contributed by atoms with van der Waals surface area (Å²) >= 11 is 0. The zero-order valence-corrected chi connectivity index (χ0v) is 10.5. The highest BCUT2D eigenvalue weighted by Gasteiger charge is 2.22. The second kappa shape index (κ2) is 6.42. The van der Waals surface area contributed by atoms with Crippen LogP contribution >= 0.6 is 0 Å². The van der Waals surface area contributed by atoms with Crippen molar-refractivity contribution in [1.29, 1.82) is 0 Å². The first-order valence-corrected chi connectivity index (χ1v) is 6.18. The van der Waals surface area contributed by atoms with E-state index in [1.165, 1.54) is 0 Å². The number of amides is 1. The number of carboxylic acids is 1. The summed E-state index contributed by atoms with van der Waals surface area (Å²) in [7, 11) is 0. The molecule has 1 rings (SSSR count). The number of hydrogen-bond donors (Lipinski definition) is 2. The molecule has 0 bridgehead atoms. The van der Waals surface area contributed by atoms with Gasteiger partial charge in [0.15, 0.2) is 0 Å². The smallest absolute Gasteiger partial charge is 0.326 e. The Labute approximate surface area is 102 Å². The molecule has 1 aliphatic carbocycles. The molecule has 0 fully saturated rings. The third-order valence-electron chi connectivity index (χ3n) is 2.90. The first-order chi connectivity index (χ1) is 7.99. The van der Waals surface area contributed by atoms with Gasteiger partial charge in [0.1, 0.15) is 6.04 Å². The molecule has 0 heterocycles. The number of carbonyl (C=O) groups excluding carboxylic acids is 1. The highest BCUT2D eigenvalue weighted by molar-refractivity contribution is 5.83. The number of carbonyl (C=O) groups is 2. The lowest BCUT2D eigenvalue weighted by atomic mass is 10.0. The normalized spacial score (nSPS) is 20.5. The summed E-state index contributed by atoms with van der Waals surface area (Å²) < 4.78 is 0. The van der Waals surface area contributed by atoms with E-state index in [0.717, 1.165) is 12.8 Å². The van der Waals surface area contributed by atoms with Gasteiger partial charge in [0.2, 0.25) is 5.91 Å². The van der Waals surface area contributed by atoms with E-state index >= 15 is 0 Å². The Morgan fingerprint density at radius 1 is 1.47 bits per heavy atom. The molecule has 1 amide bonds. The van der Waals surface area contributed by atoms with E-state index in [0.29, 0.717) is 12.8 Å². The summed E-state index contributed by atoms with van der Waals surface area (Å²) in [6.07, 6.45) is 7.00. The first-order valence-electron chi connectivity index (χ1n) is 6.18. The van der Waals surface area contributed by atoms with Crippen molar-refractivity contribution < 1.29 is 14.7 Å². The Hall–Kier alpha value is -1.32. The fraction of sp³-hybridized carbons (Fsp3) is 0.692. The van der Waals surface area contributed by atoms with Gasteiger partial charge in [0, 0.05) is 6.42 Å². The van der Waals surface area contributed by atoms with Crippen molar-refractivity contribution in [2.45, 2.75) is 45.6 Å². The number of allylic oxidation sites excluding steroid dienone is 2. The quantitative estimate of drug-likeness (QED) is 0.696. The molecule has 17 heavy (non-hydrogen) atoms. The molecule has 0 saturated carbocycles. The minimum atomic E-state index is -0.950. The first kappa shape index (κ1) is 13.7. The Balaban J connectivity index is 2.40. The summed E-state index contributed by atoms with van der Waals surface area (Å²) in [6.45, 7) is 3.89. The van der Waals surface area contributed by atoms with E-state index < -0.39 is 12.0 Å². The van der Waals surface area contributed by atoms with Crippen LogP contribution in [0.1, 0.15) is 39.5 Å². The molecule has 0 saturated heterocycles. The molecule has 0 spiro atoms. The van der Waals surface area contributed by atoms with Gasteiger partial charge in [-0.1, -0.05) is 26.0 Å². The van der Waals surface area contributed by atoms with E-state index in [1.807, 2.05) is 19.9 Å². The van der Waals surface area contributed by atoms with E-state index in [-0.39, 0.29) is 17.7 Å². The lowest BCUT2D eigenvalue weighted by molar-refractivity contribution is -0.142. The molecule has 4 heteroatoms. The molecule has 0 aromatic rings. The molecule has 1 aliphatic rings. The Morgan fingerprint density at radius 2 is 2.18 bits per heavy atom. The van der Waals surface area contributed by atoms with Crippen LogP contribution in [0.2, 0.25) is 0 Å². The molecule has 4 nitrogen and oxygen atoms in total. The standard InChI is InChI=1S/C13H21NO3/c1-9(2)7-11(13(16)17)14-12(15)8-10-5-3-4-6-10/h3,5,9-11H,4,6-8H2,1-2H3,(H,14,15)(H,16,17)/t10?,11-/m0/s1. The molecular weight excluding hydrogens is 218 g/mol. The van der Waals surface area contributed by atoms with Crippen molar-refractivity contribution in [1.82, 2.24) is 5.32 Å². The zero-order valence-electron chi connectivity index (χ0n) is 10.5. The van der Waals surface area contributed by atoms with Gasteiger partial charge in [-0.05, 0) is 31.1 Å². The Morgan fingerprint density at radius 3 is 2.65 bits per heavy atom. The minimum absolute atomic E-state index is 0.158. The van der Waals surface area contributed by atoms with Gasteiger partial charge in [-0.15, -0.1) is 0 Å². The van der Waals surface area contributed by atoms with Crippen molar-refractivity contribution in [3.8, 4) is 0 Å². The van der Waals surface area contributed by atoms with Gasteiger partial charge >= 0.3 is 5.97 Å². The molecular formula is C13H21NO3. The van der Waals surface area contributed by atoms with Crippen molar-refractivity contribution in [3.63, 3.8) is 0 Å². The van der Waals surface area contributed by atoms with E-state index in [1.54, 1.807) is 0 Å². The van der Waals surface area contributed by atoms with Crippen molar-refractivity contribution in [2.24, 2.45) is 11.8 Å². The zero-order chi connectivity index (χ0) is 12.8. The number of rotatable bonds is 6. The van der Waals surface area contributed by atoms with Crippen LogP contribution in [0.5, 0.6) is 0 Å². The summed E-state index contributed by atoms with van der Waals surface area (Å²) in [4.78, 5) is 22.7. The lowest BCUT2D eigenvalue weighted by Gasteiger charge is -2.17. The largest absolute Gasteiger partial charge is 0.480 e. The van der Waals surface area contributed by atoms with Gasteiger partial charge < -0.3 is 10.4 Å². The number of aliphatic carboxylic acids is 1. The number of hydrogen-bond acceptors (Lipinski definition) is 2. The summed E-state index contributed by atoms with van der Waals surface area (Å²) in [5.74, 6) is -0.574. The maximum absolute atomic E-state index is 11.7. The second-order valence-corrected chi connectivity index (χ2v) is 5.06. The van der Waals surface area contributed by atoms with Crippen LogP contribution in [0.25, 0.3) is 0 Å². The molecule has 1 unspecified atom stereocenters. The van der Waals surface area contributed by atoms with Gasteiger partial charge in [-0.25, -0.2) is 4.79 Å². The van der Waals surface area contributed by atoms with Crippen LogP contribution < -0.4 is 5.32 Å². The molecule has 96 valence electrons. The highest BCUT2D eigenvalue weighted by Crippen LogP contribution is 2.20. The van der Waals surface area contributed by atoms with E-state index in [2.05, 4.69) is 11.4 Å². The van der Waals surface area contributed by atoms with Gasteiger partial charge in [-0.2, -0.15) is 0 Å². The van der Waals surface area contributed by atoms with Crippen LogP contribution in [-0.2, 0) is 9.59 Å². The number of carboxylic acid groups (broad SMARTS) is 1. The average molecular weight is 239 g/mol. The van der Waals surface area contributed by atoms with Gasteiger partial charge in [-0.3, -0.25) is 4.79 Å². The van der Waals surface area contributed by atoms with Crippen LogP contribution in [0.3, 0.4) is 0 Å². The minimum Gasteiger partial charge on any atom is -0.480 e. The third kappa shape index (κ3) is 5.02. The van der Waals surface area contributed by atoms with E-state index in [9.17, 15) is 9.59 Å². The average Bonchev–Trinajstić information content (AvgIpc) is 2.68. The predicted octanol–water partition coefficient (Wildman–Crippen LogP) is 1.96. The van der Waals surface area contributed by atoms with Crippen LogP contribution in [0.4, 0.5) is 0 Å². The Bertz CT molecular complexity index is 310. The van der Waals surface area contributed by atoms with Crippen LogP contribution in [0.15, 0.2) is 12.2 Å². The lowest BCUT2D eigenvalue weighted by Crippen LogP contribution is -2.42. The predicted molar refractivity (Wildman–Crippen MR) is 65.5 cm³/mol. The van der Waals surface area contributed by atoms with Crippen molar-refractivity contribution >= 4 is 11.9 Å². The van der Waals surface area contributed by atoms with Crippen molar-refractivity contribution in [2.75, 3.05) is 0 Å². The maximum Gasteiger partial charge on any atom is 0.326 e. The monoisotopic (exact) mass is 239 g/mol. The topological polar surface area (TPSA) is 66.4 Å². The Kier molecular flexibility index (Phi) is 5.19. The summed E-state index contributed by atoms with van der Waals surface area (Å²) in [6, 6.07) is -0.757. The van der Waals surface area contributed by atoms with Gasteiger partial charge in [0.05, 0.1) is 0 Å². The van der Waals surface area contributed by atoms with Crippen LogP contribution in [0, 0.1) is 11.8 Å². The molecule has 0 aromatic carbocycles. The highest BCUT2D eigenvalue weighted by atomic mass is 16.4. The fourth-order valence-corrected chi connectivity index (χ4v) is 2.05. The summed E-state index contributed by atoms with van der Waals surface area (Å²) in [5.41, 5.74) is 0. The van der Waals surface area contributed by atoms with Gasteiger partial charge in [0.25, 0.3) is 0 Å². The van der Waals surface area contributed by atoms with Crippen LogP contribution in [-0.4, -0.2) is 23.0 Å². The SMILES string of the molecule is CC(C)C[C@H](NC(=O)CC1C=CCC1)C(=O)O. The summed E-state index contributed by atoms with van der Waals surface area (Å²) in [5, 5.41) is 11.6. The molecule has 2 N–H and O–H groups in total. The third-order valence-corrected chi connectivity index (χ3v) is 2.90. The molecule has 0 radical (unpaired) electrons. The number of nitrogens with one attached hydrogen (secondary N) is 1. The maximum atomic E-state index is 11.7. The van der Waals surface area contributed by atoms with E-state index in [4.69, 9.17) is 5.11 Å². The second-order valence-electron chi connectivity index (χ2n) is 5.06. The fourth-order valence-electron chi connectivity index (χ4n) is 2.05. The molecule has 0 aromatic heterocycles. The molecule has 0 aliphatic heterocycles.